The molecule has 0 saturated carbocycles. The van der Waals surface area contributed by atoms with Crippen molar-refractivity contribution in [1.29, 1.82) is 0 Å². The van der Waals surface area contributed by atoms with E-state index in [0.29, 0.717) is 18.8 Å². The lowest BCUT2D eigenvalue weighted by molar-refractivity contribution is -0.145. The number of hydrogen-bond acceptors (Lipinski definition) is 3. The Labute approximate surface area is 112 Å². The van der Waals surface area contributed by atoms with E-state index >= 15 is 0 Å². The maximum absolute atomic E-state index is 11.3. The van der Waals surface area contributed by atoms with E-state index in [9.17, 15) is 9.90 Å². The molecule has 0 spiro atoms. The molecule has 108 valence electrons. The molecule has 0 radical (unpaired) electrons. The third-order valence-electron chi connectivity index (χ3n) is 3.96. The van der Waals surface area contributed by atoms with Crippen molar-refractivity contribution in [3.63, 3.8) is 0 Å². The van der Waals surface area contributed by atoms with Crippen molar-refractivity contribution in [1.82, 2.24) is 10.2 Å². The van der Waals surface area contributed by atoms with Crippen molar-refractivity contribution >= 4 is 5.97 Å². The predicted octanol–water partition coefficient (Wildman–Crippen LogP) is 2.20. The molecule has 0 amide bonds. The van der Waals surface area contributed by atoms with E-state index in [1.54, 1.807) is 7.05 Å². The van der Waals surface area contributed by atoms with Gasteiger partial charge in [0.15, 0.2) is 0 Å². The number of hydrogen-bond donors (Lipinski definition) is 2. The molecule has 0 aromatic carbocycles. The topological polar surface area (TPSA) is 52.6 Å². The van der Waals surface area contributed by atoms with Gasteiger partial charge >= 0.3 is 5.97 Å². The lowest BCUT2D eigenvalue weighted by Gasteiger charge is -2.29. The van der Waals surface area contributed by atoms with Gasteiger partial charge in [0.2, 0.25) is 0 Å². The second kappa shape index (κ2) is 8.48. The van der Waals surface area contributed by atoms with Crippen LogP contribution in [0.1, 0.15) is 46.5 Å². The van der Waals surface area contributed by atoms with Gasteiger partial charge in [-0.2, -0.15) is 0 Å². The zero-order chi connectivity index (χ0) is 14.2. The molecule has 18 heavy (non-hydrogen) atoms. The first-order valence-corrected chi connectivity index (χ1v) is 7.02. The molecule has 0 rings (SSSR count). The van der Waals surface area contributed by atoms with Gasteiger partial charge < -0.3 is 15.3 Å². The highest BCUT2D eigenvalue weighted by Crippen LogP contribution is 2.18. The molecule has 2 atom stereocenters. The molecule has 0 aliphatic carbocycles. The molecule has 0 saturated heterocycles. The van der Waals surface area contributed by atoms with Gasteiger partial charge in [0.25, 0.3) is 0 Å². The summed E-state index contributed by atoms with van der Waals surface area (Å²) in [4.78, 5) is 13.6. The fourth-order valence-corrected chi connectivity index (χ4v) is 2.25. The molecule has 0 aliphatic rings. The Hall–Kier alpha value is -0.610. The molecular weight excluding hydrogens is 228 g/mol. The van der Waals surface area contributed by atoms with Gasteiger partial charge in [-0.3, -0.25) is 4.79 Å². The third kappa shape index (κ3) is 5.36. The van der Waals surface area contributed by atoms with Gasteiger partial charge in [0.05, 0.1) is 0 Å². The largest absolute Gasteiger partial charge is 0.480 e. The Kier molecular flexibility index (Phi) is 8.20. The number of rotatable bonds is 10. The van der Waals surface area contributed by atoms with E-state index in [1.165, 1.54) is 6.42 Å². The molecule has 4 nitrogen and oxygen atoms in total. The Morgan fingerprint density at radius 2 is 2.06 bits per heavy atom. The van der Waals surface area contributed by atoms with Crippen molar-refractivity contribution in [2.45, 2.75) is 52.0 Å². The Balaban J connectivity index is 4.11. The molecule has 0 aliphatic heterocycles. The SMILES string of the molecule is CCC(C)CN(C)CCCC(CC)(NC)C(=O)O. The molecule has 0 aromatic heterocycles. The van der Waals surface area contributed by atoms with E-state index in [-0.39, 0.29) is 0 Å². The molecule has 0 heterocycles. The molecule has 4 heteroatoms. The molecule has 0 aromatic rings. The minimum absolute atomic E-state index is 0.619. The normalized spacial score (nSPS) is 16.6. The van der Waals surface area contributed by atoms with Crippen LogP contribution in [0.3, 0.4) is 0 Å². The summed E-state index contributed by atoms with van der Waals surface area (Å²) in [5.74, 6) is -0.0354. The highest BCUT2D eigenvalue weighted by molar-refractivity contribution is 5.78. The van der Waals surface area contributed by atoms with Gasteiger partial charge in [-0.1, -0.05) is 27.2 Å². The van der Waals surface area contributed by atoms with Gasteiger partial charge in [-0.25, -0.2) is 0 Å². The van der Waals surface area contributed by atoms with Crippen LogP contribution in [0.15, 0.2) is 0 Å². The second-order valence-electron chi connectivity index (χ2n) is 5.37. The minimum atomic E-state index is -0.753. The Morgan fingerprint density at radius 3 is 2.44 bits per heavy atom. The van der Waals surface area contributed by atoms with E-state index in [4.69, 9.17) is 0 Å². The van der Waals surface area contributed by atoms with Crippen LogP contribution in [0, 0.1) is 5.92 Å². The number of nitrogens with one attached hydrogen (secondary N) is 1. The first kappa shape index (κ1) is 17.4. The standard InChI is InChI=1S/C14H30N2O2/c1-6-12(3)11-16(5)10-8-9-14(7-2,15-4)13(17)18/h12,15H,6-11H2,1-5H3,(H,17,18). The third-order valence-corrected chi connectivity index (χ3v) is 3.96. The van der Waals surface area contributed by atoms with Crippen LogP contribution in [-0.2, 0) is 4.79 Å². The van der Waals surface area contributed by atoms with Crippen molar-refractivity contribution < 1.29 is 9.90 Å². The average molecular weight is 258 g/mol. The van der Waals surface area contributed by atoms with E-state index < -0.39 is 11.5 Å². The smallest absolute Gasteiger partial charge is 0.323 e. The molecule has 2 unspecified atom stereocenters. The van der Waals surface area contributed by atoms with E-state index in [0.717, 1.165) is 19.5 Å². The zero-order valence-corrected chi connectivity index (χ0v) is 12.6. The number of aliphatic carboxylic acids is 1. The summed E-state index contributed by atoms with van der Waals surface area (Å²) in [6, 6.07) is 0. The summed E-state index contributed by atoms with van der Waals surface area (Å²) in [6.07, 6.45) is 3.40. The number of nitrogens with zero attached hydrogens (tertiary/aromatic N) is 1. The monoisotopic (exact) mass is 258 g/mol. The summed E-state index contributed by atoms with van der Waals surface area (Å²) < 4.78 is 0. The molecular formula is C14H30N2O2. The molecule has 0 bridgehead atoms. The van der Waals surface area contributed by atoms with Gasteiger partial charge in [-0.15, -0.1) is 0 Å². The highest BCUT2D eigenvalue weighted by Gasteiger charge is 2.34. The Morgan fingerprint density at radius 1 is 1.44 bits per heavy atom. The summed E-state index contributed by atoms with van der Waals surface area (Å²) in [6.45, 7) is 8.42. The number of likely N-dealkylation sites (N-methyl/N-ethyl adjacent to an activating group) is 1. The lowest BCUT2D eigenvalue weighted by atomic mass is 9.90. The van der Waals surface area contributed by atoms with Crippen LogP contribution in [0.25, 0.3) is 0 Å². The second-order valence-corrected chi connectivity index (χ2v) is 5.37. The zero-order valence-electron chi connectivity index (χ0n) is 12.6. The van der Waals surface area contributed by atoms with Gasteiger partial charge in [0.1, 0.15) is 5.54 Å². The van der Waals surface area contributed by atoms with Crippen molar-refractivity contribution in [3.05, 3.63) is 0 Å². The van der Waals surface area contributed by atoms with Crippen LogP contribution in [0.2, 0.25) is 0 Å². The van der Waals surface area contributed by atoms with E-state index in [1.807, 2.05) is 6.92 Å². The maximum atomic E-state index is 11.3. The van der Waals surface area contributed by atoms with Crippen molar-refractivity contribution in [2.75, 3.05) is 27.2 Å². The first-order valence-electron chi connectivity index (χ1n) is 7.02. The summed E-state index contributed by atoms with van der Waals surface area (Å²) in [5, 5.41) is 12.3. The average Bonchev–Trinajstić information content (AvgIpc) is 2.34. The maximum Gasteiger partial charge on any atom is 0.323 e. The lowest BCUT2D eigenvalue weighted by Crippen LogP contribution is -2.50. The summed E-state index contributed by atoms with van der Waals surface area (Å²) >= 11 is 0. The highest BCUT2D eigenvalue weighted by atomic mass is 16.4. The summed E-state index contributed by atoms with van der Waals surface area (Å²) in [7, 11) is 3.85. The predicted molar refractivity (Wildman–Crippen MR) is 75.9 cm³/mol. The quantitative estimate of drug-likeness (QED) is 0.631. The van der Waals surface area contributed by atoms with Crippen LogP contribution >= 0.6 is 0 Å². The fourth-order valence-electron chi connectivity index (χ4n) is 2.25. The van der Waals surface area contributed by atoms with Gasteiger partial charge in [0, 0.05) is 6.54 Å². The minimum Gasteiger partial charge on any atom is -0.480 e. The van der Waals surface area contributed by atoms with Crippen LogP contribution in [0.4, 0.5) is 0 Å². The van der Waals surface area contributed by atoms with Crippen LogP contribution < -0.4 is 5.32 Å². The number of carboxylic acid groups (broad SMARTS) is 1. The van der Waals surface area contributed by atoms with Crippen LogP contribution in [0.5, 0.6) is 0 Å². The van der Waals surface area contributed by atoms with Gasteiger partial charge in [-0.05, 0) is 45.8 Å². The van der Waals surface area contributed by atoms with Crippen molar-refractivity contribution in [3.8, 4) is 0 Å². The molecule has 2 N–H and O–H groups in total. The number of carboxylic acids is 1. The summed E-state index contributed by atoms with van der Waals surface area (Å²) in [5.41, 5.74) is -0.753. The van der Waals surface area contributed by atoms with E-state index in [2.05, 4.69) is 31.1 Å². The fraction of sp³-hybridized carbons (Fsp3) is 0.929. The first-order chi connectivity index (χ1) is 8.41. The molecule has 0 fully saturated rings. The van der Waals surface area contributed by atoms with Crippen LogP contribution in [-0.4, -0.2) is 48.7 Å². The Bertz CT molecular complexity index is 240. The number of carbonyl (C=O) groups is 1. The van der Waals surface area contributed by atoms with Crippen molar-refractivity contribution in [2.24, 2.45) is 5.92 Å².